The summed E-state index contributed by atoms with van der Waals surface area (Å²) in [5, 5.41) is 10.9. The topological polar surface area (TPSA) is 77.4 Å². The number of carbonyl (C=O) groups excluding carboxylic acids is 1. The molecular weight excluding hydrogens is 379 g/mol. The molecule has 0 unspecified atom stereocenters. The smallest absolute Gasteiger partial charge is 0.399 e. The molecule has 1 aromatic carbocycles. The molecule has 0 bridgehead atoms. The van der Waals surface area contributed by atoms with E-state index >= 15 is 0 Å². The van der Waals surface area contributed by atoms with Gasteiger partial charge in [-0.15, -0.1) is 0 Å². The molecule has 2 aliphatic heterocycles. The molecule has 2 aliphatic rings. The molecule has 0 radical (unpaired) electrons. The lowest BCUT2D eigenvalue weighted by atomic mass is 9.76. The number of hydrogen-bond acceptors (Lipinski definition) is 5. The third-order valence-electron chi connectivity index (χ3n) is 6.74. The van der Waals surface area contributed by atoms with Crippen LogP contribution in [0, 0.1) is 6.92 Å². The van der Waals surface area contributed by atoms with Crippen molar-refractivity contribution >= 4 is 24.2 Å². The van der Waals surface area contributed by atoms with Gasteiger partial charge in [-0.1, -0.05) is 12.1 Å². The number of benzene rings is 1. The van der Waals surface area contributed by atoms with Gasteiger partial charge in [-0.25, -0.2) is 0 Å². The molecule has 8 heteroatoms. The molecule has 1 amide bonds. The van der Waals surface area contributed by atoms with E-state index in [1.54, 1.807) is 0 Å². The van der Waals surface area contributed by atoms with Crippen LogP contribution in [-0.4, -0.2) is 41.1 Å². The molecule has 0 spiro atoms. The quantitative estimate of drug-likeness (QED) is 0.759. The highest BCUT2D eigenvalue weighted by Crippen LogP contribution is 2.37. The number of aryl methyl sites for hydroxylation is 1. The molecule has 4 rings (SSSR count). The van der Waals surface area contributed by atoms with Gasteiger partial charge in [0.2, 0.25) is 0 Å². The fourth-order valence-corrected chi connectivity index (χ4v) is 4.09. The van der Waals surface area contributed by atoms with Crippen molar-refractivity contribution in [3.05, 3.63) is 41.2 Å². The van der Waals surface area contributed by atoms with Crippen molar-refractivity contribution in [1.82, 2.24) is 15.1 Å². The van der Waals surface area contributed by atoms with E-state index in [2.05, 4.69) is 15.7 Å². The normalized spacial score (nSPS) is 22.1. The summed E-state index contributed by atoms with van der Waals surface area (Å²) in [4.78, 5) is 12.9. The third kappa shape index (κ3) is 3.57. The van der Waals surface area contributed by atoms with Crippen LogP contribution < -0.4 is 16.1 Å². The summed E-state index contributed by atoms with van der Waals surface area (Å²) in [5.41, 5.74) is 3.27. The Kier molecular flexibility index (Phi) is 5.28. The minimum Gasteiger partial charge on any atom is -0.399 e. The molecule has 0 aliphatic carbocycles. The van der Waals surface area contributed by atoms with Gasteiger partial charge in [-0.05, 0) is 77.7 Å². The molecule has 1 saturated heterocycles. The summed E-state index contributed by atoms with van der Waals surface area (Å²) in [6, 6.07) is 7.93. The number of hydrogen-bond donors (Lipinski definition) is 2. The van der Waals surface area contributed by atoms with Crippen molar-refractivity contribution in [2.45, 2.75) is 71.2 Å². The first-order valence-electron chi connectivity index (χ1n) is 10.6. The molecule has 0 saturated carbocycles. The Morgan fingerprint density at radius 1 is 1.23 bits per heavy atom. The highest BCUT2D eigenvalue weighted by molar-refractivity contribution is 6.62. The first-order valence-corrected chi connectivity index (χ1v) is 10.6. The van der Waals surface area contributed by atoms with Crippen LogP contribution in [0.25, 0.3) is 0 Å². The third-order valence-corrected chi connectivity index (χ3v) is 6.74. The highest BCUT2D eigenvalue weighted by atomic mass is 16.7. The van der Waals surface area contributed by atoms with Gasteiger partial charge < -0.3 is 19.9 Å². The number of nitrogens with zero attached hydrogens (tertiary/aromatic N) is 2. The number of amides is 1. The van der Waals surface area contributed by atoms with Gasteiger partial charge in [0.25, 0.3) is 5.91 Å². The fraction of sp³-hybridized carbons (Fsp3) is 0.545. The maximum absolute atomic E-state index is 12.9. The van der Waals surface area contributed by atoms with Crippen LogP contribution >= 0.6 is 0 Å². The van der Waals surface area contributed by atoms with E-state index in [9.17, 15) is 4.79 Å². The van der Waals surface area contributed by atoms with Crippen LogP contribution in [0.5, 0.6) is 0 Å². The molecule has 30 heavy (non-hydrogen) atoms. The van der Waals surface area contributed by atoms with Crippen molar-refractivity contribution in [1.29, 1.82) is 0 Å². The number of nitrogens with one attached hydrogen (secondary N) is 2. The fourth-order valence-electron chi connectivity index (χ4n) is 4.09. The van der Waals surface area contributed by atoms with Gasteiger partial charge in [0.05, 0.1) is 16.9 Å². The van der Waals surface area contributed by atoms with Gasteiger partial charge in [0.1, 0.15) is 0 Å². The predicted molar refractivity (Wildman–Crippen MR) is 118 cm³/mol. The highest BCUT2D eigenvalue weighted by Gasteiger charge is 2.52. The Balaban J connectivity index is 1.56. The van der Waals surface area contributed by atoms with E-state index in [-0.39, 0.29) is 11.9 Å². The molecule has 160 valence electrons. The summed E-state index contributed by atoms with van der Waals surface area (Å²) in [6.45, 7) is 11.0. The SMILES string of the molecule is CN[C@H]1CCCn2nc(C(=O)Nc3cccc(B4OC(C)(C)C(C)(C)O4)c3C)cc21. The Morgan fingerprint density at radius 3 is 2.60 bits per heavy atom. The van der Waals surface area contributed by atoms with Crippen LogP contribution in [0.4, 0.5) is 5.69 Å². The second-order valence-electron chi connectivity index (χ2n) is 9.22. The summed E-state index contributed by atoms with van der Waals surface area (Å²) in [7, 11) is 1.47. The summed E-state index contributed by atoms with van der Waals surface area (Å²) in [5.74, 6) is -0.207. The summed E-state index contributed by atoms with van der Waals surface area (Å²) < 4.78 is 14.3. The van der Waals surface area contributed by atoms with E-state index < -0.39 is 18.3 Å². The van der Waals surface area contributed by atoms with E-state index in [4.69, 9.17) is 9.31 Å². The minimum atomic E-state index is -0.469. The van der Waals surface area contributed by atoms with E-state index in [0.29, 0.717) is 5.69 Å². The van der Waals surface area contributed by atoms with Crippen molar-refractivity contribution in [3.63, 3.8) is 0 Å². The molecule has 3 heterocycles. The number of carbonyl (C=O) groups is 1. The molecule has 1 fully saturated rings. The van der Waals surface area contributed by atoms with Gasteiger partial charge in [0, 0.05) is 18.3 Å². The van der Waals surface area contributed by atoms with Crippen LogP contribution in [-0.2, 0) is 15.9 Å². The first-order chi connectivity index (χ1) is 14.1. The number of anilines is 1. The first kappa shape index (κ1) is 21.1. The molecular formula is C22H31BN4O3. The lowest BCUT2D eigenvalue weighted by Crippen LogP contribution is -2.41. The van der Waals surface area contributed by atoms with E-state index in [0.717, 1.165) is 41.8 Å². The maximum Gasteiger partial charge on any atom is 0.495 e. The van der Waals surface area contributed by atoms with Crippen molar-refractivity contribution < 1.29 is 14.1 Å². The lowest BCUT2D eigenvalue weighted by Gasteiger charge is -2.32. The largest absolute Gasteiger partial charge is 0.495 e. The zero-order valence-corrected chi connectivity index (χ0v) is 18.7. The van der Waals surface area contributed by atoms with Crippen molar-refractivity contribution in [2.24, 2.45) is 0 Å². The van der Waals surface area contributed by atoms with Gasteiger partial charge in [-0.2, -0.15) is 5.10 Å². The Bertz CT molecular complexity index is 953. The van der Waals surface area contributed by atoms with Gasteiger partial charge >= 0.3 is 7.12 Å². The standard InChI is InChI=1S/C22H31BN4O3/c1-14-15(23-29-21(2,3)22(4,5)30-23)9-7-10-16(14)25-20(28)18-13-19-17(24-6)11-8-12-27(19)26-18/h7,9-10,13,17,24H,8,11-12H2,1-6H3,(H,25,28)/t17-/m0/s1. The van der Waals surface area contributed by atoms with Crippen LogP contribution in [0.1, 0.15) is 68.3 Å². The number of aromatic nitrogens is 2. The maximum atomic E-state index is 12.9. The summed E-state index contributed by atoms with van der Waals surface area (Å²) >= 11 is 0. The monoisotopic (exact) mass is 410 g/mol. The van der Waals surface area contributed by atoms with Crippen molar-refractivity contribution in [3.8, 4) is 0 Å². The minimum absolute atomic E-state index is 0.207. The van der Waals surface area contributed by atoms with Gasteiger partial charge in [0.15, 0.2) is 5.69 Å². The zero-order chi connectivity index (χ0) is 21.7. The average molecular weight is 410 g/mol. The number of rotatable bonds is 4. The second-order valence-corrected chi connectivity index (χ2v) is 9.22. The Morgan fingerprint density at radius 2 is 1.93 bits per heavy atom. The van der Waals surface area contributed by atoms with E-state index in [1.165, 1.54) is 0 Å². The number of fused-ring (bicyclic) bond motifs is 1. The van der Waals surface area contributed by atoms with E-state index in [1.807, 2.05) is 70.6 Å². The average Bonchev–Trinajstić information content (AvgIpc) is 3.21. The van der Waals surface area contributed by atoms with Crippen LogP contribution in [0.15, 0.2) is 24.3 Å². The zero-order valence-electron chi connectivity index (χ0n) is 18.7. The van der Waals surface area contributed by atoms with Gasteiger partial charge in [-0.3, -0.25) is 9.48 Å². The summed E-state index contributed by atoms with van der Waals surface area (Å²) in [6.07, 6.45) is 2.11. The molecule has 1 atom stereocenters. The predicted octanol–water partition coefficient (Wildman–Crippen LogP) is 2.80. The lowest BCUT2D eigenvalue weighted by molar-refractivity contribution is 0.00578. The van der Waals surface area contributed by atoms with Crippen molar-refractivity contribution in [2.75, 3.05) is 12.4 Å². The van der Waals surface area contributed by atoms with Crippen LogP contribution in [0.3, 0.4) is 0 Å². The Labute approximate surface area is 178 Å². The molecule has 1 aromatic heterocycles. The molecule has 2 aromatic rings. The second kappa shape index (κ2) is 7.52. The molecule has 7 nitrogen and oxygen atoms in total. The molecule has 2 N–H and O–H groups in total. The van der Waals surface area contributed by atoms with Crippen LogP contribution in [0.2, 0.25) is 0 Å². The Hall–Kier alpha value is -2.16.